The number of nitrogens with one attached hydrogen (secondary N) is 1. The van der Waals surface area contributed by atoms with E-state index in [0.29, 0.717) is 29.8 Å². The van der Waals surface area contributed by atoms with E-state index in [1.807, 2.05) is 48.5 Å². The molecule has 0 unspecified atom stereocenters. The van der Waals surface area contributed by atoms with Crippen molar-refractivity contribution in [3.05, 3.63) is 69.7 Å². The Morgan fingerprint density at radius 2 is 1.79 bits per heavy atom. The molecule has 1 heterocycles. The van der Waals surface area contributed by atoms with Crippen molar-refractivity contribution in [3.63, 3.8) is 0 Å². The van der Waals surface area contributed by atoms with E-state index in [4.69, 9.17) is 27.9 Å². The molecule has 28 heavy (non-hydrogen) atoms. The zero-order valence-corrected chi connectivity index (χ0v) is 17.4. The third kappa shape index (κ3) is 6.49. The Bertz CT molecular complexity index is 762. The van der Waals surface area contributed by atoms with E-state index < -0.39 is 0 Å². The van der Waals surface area contributed by atoms with E-state index in [-0.39, 0.29) is 11.8 Å². The van der Waals surface area contributed by atoms with Gasteiger partial charge in [0.15, 0.2) is 0 Å². The van der Waals surface area contributed by atoms with Gasteiger partial charge < -0.3 is 10.1 Å². The summed E-state index contributed by atoms with van der Waals surface area (Å²) in [6, 6.07) is 15.8. The molecule has 0 spiro atoms. The van der Waals surface area contributed by atoms with Crippen LogP contribution >= 0.6 is 23.2 Å². The number of ether oxygens (including phenoxy) is 1. The molecule has 1 fully saturated rings. The van der Waals surface area contributed by atoms with Crippen molar-refractivity contribution in [3.8, 4) is 0 Å². The van der Waals surface area contributed by atoms with Gasteiger partial charge in [0.1, 0.15) is 0 Å². The summed E-state index contributed by atoms with van der Waals surface area (Å²) in [5, 5.41) is 4.17. The average Bonchev–Trinajstić information content (AvgIpc) is 2.72. The molecule has 0 saturated carbocycles. The van der Waals surface area contributed by atoms with E-state index in [0.717, 1.165) is 43.6 Å². The first-order valence-corrected chi connectivity index (χ1v) is 10.4. The Morgan fingerprint density at radius 3 is 2.50 bits per heavy atom. The Hall–Kier alpha value is -1.59. The van der Waals surface area contributed by atoms with Crippen LogP contribution in [0.15, 0.2) is 48.5 Å². The minimum Gasteiger partial charge on any atom is -0.375 e. The van der Waals surface area contributed by atoms with Gasteiger partial charge in [-0.1, -0.05) is 59.6 Å². The van der Waals surface area contributed by atoms with Crippen molar-refractivity contribution >= 4 is 29.1 Å². The predicted octanol–water partition coefficient (Wildman–Crippen LogP) is 4.54. The maximum atomic E-state index is 12.4. The lowest BCUT2D eigenvalue weighted by atomic mass is 9.95. The summed E-state index contributed by atoms with van der Waals surface area (Å²) in [4.78, 5) is 14.7. The summed E-state index contributed by atoms with van der Waals surface area (Å²) in [6.07, 6.45) is 1.75. The molecule has 0 radical (unpaired) electrons. The van der Waals surface area contributed by atoms with Crippen LogP contribution in [0.25, 0.3) is 0 Å². The van der Waals surface area contributed by atoms with Crippen molar-refractivity contribution in [2.75, 3.05) is 26.2 Å². The van der Waals surface area contributed by atoms with Crippen LogP contribution in [0.3, 0.4) is 0 Å². The highest BCUT2D eigenvalue weighted by molar-refractivity contribution is 6.42. The first-order chi connectivity index (χ1) is 13.6. The van der Waals surface area contributed by atoms with Gasteiger partial charge in [0, 0.05) is 19.0 Å². The predicted molar refractivity (Wildman–Crippen MR) is 114 cm³/mol. The third-order valence-electron chi connectivity index (χ3n) is 5.01. The van der Waals surface area contributed by atoms with Gasteiger partial charge in [0.05, 0.1) is 23.3 Å². The summed E-state index contributed by atoms with van der Waals surface area (Å²) in [5.41, 5.74) is 2.29. The molecular formula is C22H26Cl2N2O2. The second-order valence-electron chi connectivity index (χ2n) is 7.13. The van der Waals surface area contributed by atoms with Crippen molar-refractivity contribution in [1.82, 2.24) is 10.2 Å². The number of rotatable bonds is 8. The lowest BCUT2D eigenvalue weighted by Gasteiger charge is -2.31. The second kappa shape index (κ2) is 10.8. The van der Waals surface area contributed by atoms with Gasteiger partial charge in [-0.05, 0) is 49.2 Å². The lowest BCUT2D eigenvalue weighted by molar-refractivity contribution is -0.126. The van der Waals surface area contributed by atoms with Gasteiger partial charge >= 0.3 is 0 Å². The number of nitrogens with zero attached hydrogens (tertiary/aromatic N) is 1. The molecule has 0 bridgehead atoms. The van der Waals surface area contributed by atoms with Gasteiger partial charge in [-0.25, -0.2) is 0 Å². The number of hydrogen-bond acceptors (Lipinski definition) is 3. The summed E-state index contributed by atoms with van der Waals surface area (Å²) >= 11 is 12.1. The number of benzene rings is 2. The number of hydrogen-bond donors (Lipinski definition) is 1. The van der Waals surface area contributed by atoms with Crippen LogP contribution in [0.1, 0.15) is 24.0 Å². The lowest BCUT2D eigenvalue weighted by Crippen LogP contribution is -2.41. The summed E-state index contributed by atoms with van der Waals surface area (Å²) in [6.45, 7) is 4.29. The Balaban J connectivity index is 1.31. The van der Waals surface area contributed by atoms with Crippen molar-refractivity contribution in [2.24, 2.45) is 5.92 Å². The molecule has 4 nitrogen and oxygen atoms in total. The van der Waals surface area contributed by atoms with Crippen molar-refractivity contribution in [2.45, 2.75) is 26.0 Å². The van der Waals surface area contributed by atoms with E-state index in [1.165, 1.54) is 0 Å². The molecule has 1 saturated heterocycles. The third-order valence-corrected chi connectivity index (χ3v) is 5.74. The highest BCUT2D eigenvalue weighted by Crippen LogP contribution is 2.25. The molecule has 2 aromatic carbocycles. The maximum absolute atomic E-state index is 12.4. The zero-order valence-electron chi connectivity index (χ0n) is 15.9. The zero-order chi connectivity index (χ0) is 19.8. The molecule has 6 heteroatoms. The number of carbonyl (C=O) groups is 1. The van der Waals surface area contributed by atoms with Crippen LogP contribution in [0.2, 0.25) is 10.0 Å². The minimum atomic E-state index is 0.0826. The highest BCUT2D eigenvalue weighted by atomic mass is 35.5. The minimum absolute atomic E-state index is 0.0826. The van der Waals surface area contributed by atoms with Crippen LogP contribution < -0.4 is 5.32 Å². The van der Waals surface area contributed by atoms with Crippen LogP contribution in [-0.2, 0) is 22.7 Å². The summed E-state index contributed by atoms with van der Waals surface area (Å²) < 4.78 is 5.62. The molecule has 150 valence electrons. The second-order valence-corrected chi connectivity index (χ2v) is 7.94. The standard InChI is InChI=1S/C22H26Cl2N2O2/c23-20-7-6-18(14-21(20)24)15-26-11-8-19(9-12-26)22(27)25-10-13-28-16-17-4-2-1-3-5-17/h1-7,14,19H,8-13,15-16H2,(H,25,27). The molecule has 1 aliphatic heterocycles. The fourth-order valence-electron chi connectivity index (χ4n) is 3.40. The van der Waals surface area contributed by atoms with E-state index in [1.54, 1.807) is 0 Å². The molecule has 1 amide bonds. The Kier molecular flexibility index (Phi) is 8.16. The number of carbonyl (C=O) groups excluding carboxylic acids is 1. The van der Waals surface area contributed by atoms with E-state index in [2.05, 4.69) is 10.2 Å². The topological polar surface area (TPSA) is 41.6 Å². The molecule has 0 aromatic heterocycles. The maximum Gasteiger partial charge on any atom is 0.223 e. The largest absolute Gasteiger partial charge is 0.375 e. The normalized spacial score (nSPS) is 15.5. The molecule has 3 rings (SSSR count). The monoisotopic (exact) mass is 420 g/mol. The van der Waals surface area contributed by atoms with Gasteiger partial charge in [-0.15, -0.1) is 0 Å². The number of piperidine rings is 1. The van der Waals surface area contributed by atoms with Crippen LogP contribution in [0.4, 0.5) is 0 Å². The Labute approximate surface area is 176 Å². The first kappa shape index (κ1) is 21.1. The molecule has 0 atom stereocenters. The number of likely N-dealkylation sites (tertiary alicyclic amines) is 1. The summed E-state index contributed by atoms with van der Waals surface area (Å²) in [7, 11) is 0. The quantitative estimate of drug-likeness (QED) is 0.637. The molecule has 2 aromatic rings. The van der Waals surface area contributed by atoms with Crippen LogP contribution in [-0.4, -0.2) is 37.0 Å². The van der Waals surface area contributed by atoms with Crippen molar-refractivity contribution in [1.29, 1.82) is 0 Å². The number of halogens is 2. The van der Waals surface area contributed by atoms with Crippen LogP contribution in [0.5, 0.6) is 0 Å². The molecular weight excluding hydrogens is 395 g/mol. The van der Waals surface area contributed by atoms with Gasteiger partial charge in [-0.3, -0.25) is 9.69 Å². The van der Waals surface area contributed by atoms with E-state index in [9.17, 15) is 4.79 Å². The van der Waals surface area contributed by atoms with Crippen LogP contribution in [0, 0.1) is 5.92 Å². The molecule has 1 N–H and O–H groups in total. The molecule has 1 aliphatic rings. The highest BCUT2D eigenvalue weighted by Gasteiger charge is 2.24. The molecule has 0 aliphatic carbocycles. The Morgan fingerprint density at radius 1 is 1.04 bits per heavy atom. The van der Waals surface area contributed by atoms with Gasteiger partial charge in [-0.2, -0.15) is 0 Å². The smallest absolute Gasteiger partial charge is 0.223 e. The average molecular weight is 421 g/mol. The van der Waals surface area contributed by atoms with Gasteiger partial charge in [0.2, 0.25) is 5.91 Å². The van der Waals surface area contributed by atoms with E-state index >= 15 is 0 Å². The summed E-state index contributed by atoms with van der Waals surface area (Å²) in [5.74, 6) is 0.219. The van der Waals surface area contributed by atoms with Crippen molar-refractivity contribution < 1.29 is 9.53 Å². The van der Waals surface area contributed by atoms with Gasteiger partial charge in [0.25, 0.3) is 0 Å². The number of amides is 1. The fraction of sp³-hybridized carbons (Fsp3) is 0.409. The fourth-order valence-corrected chi connectivity index (χ4v) is 3.73. The first-order valence-electron chi connectivity index (χ1n) is 9.67. The SMILES string of the molecule is O=C(NCCOCc1ccccc1)C1CCN(Cc2ccc(Cl)c(Cl)c2)CC1.